The van der Waals surface area contributed by atoms with Gasteiger partial charge < -0.3 is 15.1 Å². The van der Waals surface area contributed by atoms with Crippen LogP contribution in [0.2, 0.25) is 0 Å². The summed E-state index contributed by atoms with van der Waals surface area (Å²) in [6.45, 7) is 2.63. The van der Waals surface area contributed by atoms with Crippen molar-refractivity contribution < 1.29 is 9.21 Å². The van der Waals surface area contributed by atoms with Crippen molar-refractivity contribution in [3.63, 3.8) is 0 Å². The molecule has 1 atom stereocenters. The maximum absolute atomic E-state index is 12.0. The predicted molar refractivity (Wildman–Crippen MR) is 63.2 cm³/mol. The molecule has 17 heavy (non-hydrogen) atoms. The molecular formula is C13H18N2O2. The molecule has 0 aromatic carbocycles. The standard InChI is InChI=1S/C13H18N2O2/c16-12(15-9-10-2-1-7-17-10)11-8-13(11)3-5-14-6-4-13/h1-2,7,11,14H,3-6,8-9H2,(H,15,16). The van der Waals surface area contributed by atoms with E-state index in [1.807, 2.05) is 12.1 Å². The van der Waals surface area contributed by atoms with E-state index in [1.165, 1.54) is 0 Å². The Labute approximate surface area is 101 Å². The van der Waals surface area contributed by atoms with Crippen LogP contribution >= 0.6 is 0 Å². The molecule has 1 unspecified atom stereocenters. The highest BCUT2D eigenvalue weighted by molar-refractivity contribution is 5.82. The smallest absolute Gasteiger partial charge is 0.224 e. The van der Waals surface area contributed by atoms with Crippen molar-refractivity contribution in [3.8, 4) is 0 Å². The Hall–Kier alpha value is -1.29. The first-order valence-corrected chi connectivity index (χ1v) is 6.31. The Morgan fingerprint density at radius 2 is 2.35 bits per heavy atom. The Bertz CT molecular complexity index is 394. The number of hydrogen-bond donors (Lipinski definition) is 2. The molecule has 2 heterocycles. The van der Waals surface area contributed by atoms with E-state index in [1.54, 1.807) is 6.26 Å². The van der Waals surface area contributed by atoms with E-state index in [9.17, 15) is 4.79 Å². The van der Waals surface area contributed by atoms with Crippen molar-refractivity contribution in [1.82, 2.24) is 10.6 Å². The van der Waals surface area contributed by atoms with Gasteiger partial charge in [0, 0.05) is 5.92 Å². The van der Waals surface area contributed by atoms with E-state index >= 15 is 0 Å². The van der Waals surface area contributed by atoms with Crippen molar-refractivity contribution in [3.05, 3.63) is 24.2 Å². The Morgan fingerprint density at radius 3 is 3.06 bits per heavy atom. The fourth-order valence-electron chi connectivity index (χ4n) is 2.91. The lowest BCUT2D eigenvalue weighted by Gasteiger charge is -2.23. The van der Waals surface area contributed by atoms with Gasteiger partial charge >= 0.3 is 0 Å². The van der Waals surface area contributed by atoms with Crippen molar-refractivity contribution in [2.24, 2.45) is 11.3 Å². The zero-order valence-corrected chi connectivity index (χ0v) is 9.87. The molecule has 1 aromatic rings. The monoisotopic (exact) mass is 234 g/mol. The zero-order chi connectivity index (χ0) is 11.7. The molecule has 92 valence electrons. The van der Waals surface area contributed by atoms with Crippen molar-refractivity contribution in [1.29, 1.82) is 0 Å². The molecule has 4 nitrogen and oxygen atoms in total. The molecule has 3 rings (SSSR count). The number of piperidine rings is 1. The van der Waals surface area contributed by atoms with E-state index in [2.05, 4.69) is 10.6 Å². The number of carbonyl (C=O) groups is 1. The molecule has 2 N–H and O–H groups in total. The molecule has 2 fully saturated rings. The highest BCUT2D eigenvalue weighted by atomic mass is 16.3. The number of rotatable bonds is 3. The predicted octanol–water partition coefficient (Wildman–Crippen LogP) is 1.29. The normalized spacial score (nSPS) is 25.8. The van der Waals surface area contributed by atoms with Gasteiger partial charge in [0.05, 0.1) is 12.8 Å². The maximum atomic E-state index is 12.0. The van der Waals surface area contributed by atoms with Crippen molar-refractivity contribution in [2.75, 3.05) is 13.1 Å². The SMILES string of the molecule is O=C(NCc1ccco1)C1CC12CCNCC2. The quantitative estimate of drug-likeness (QED) is 0.828. The van der Waals surface area contributed by atoms with Gasteiger partial charge in [0.2, 0.25) is 5.91 Å². The van der Waals surface area contributed by atoms with Crippen LogP contribution in [-0.2, 0) is 11.3 Å². The molecule has 1 aliphatic carbocycles. The first-order chi connectivity index (χ1) is 8.30. The first kappa shape index (κ1) is 10.8. The summed E-state index contributed by atoms with van der Waals surface area (Å²) in [6.07, 6.45) is 4.99. The first-order valence-electron chi connectivity index (χ1n) is 6.31. The largest absolute Gasteiger partial charge is 0.467 e. The van der Waals surface area contributed by atoms with E-state index in [0.29, 0.717) is 12.0 Å². The van der Waals surface area contributed by atoms with Gasteiger partial charge in [-0.05, 0) is 49.9 Å². The third-order valence-electron chi connectivity index (χ3n) is 4.12. The fourth-order valence-corrected chi connectivity index (χ4v) is 2.91. The van der Waals surface area contributed by atoms with Crippen molar-refractivity contribution in [2.45, 2.75) is 25.8 Å². The maximum Gasteiger partial charge on any atom is 0.224 e. The Balaban J connectivity index is 1.51. The van der Waals surface area contributed by atoms with Crippen LogP contribution in [0.4, 0.5) is 0 Å². The van der Waals surface area contributed by atoms with Gasteiger partial charge in [0.25, 0.3) is 0 Å². The van der Waals surface area contributed by atoms with Gasteiger partial charge in [-0.1, -0.05) is 0 Å². The second-order valence-corrected chi connectivity index (χ2v) is 5.17. The molecule has 1 saturated carbocycles. The summed E-state index contributed by atoms with van der Waals surface area (Å²) in [6, 6.07) is 3.72. The lowest BCUT2D eigenvalue weighted by atomic mass is 9.92. The van der Waals surface area contributed by atoms with Crippen LogP contribution in [0.25, 0.3) is 0 Å². The zero-order valence-electron chi connectivity index (χ0n) is 9.87. The number of amides is 1. The summed E-state index contributed by atoms with van der Waals surface area (Å²) in [5.41, 5.74) is 0.318. The highest BCUT2D eigenvalue weighted by Crippen LogP contribution is 2.58. The van der Waals surface area contributed by atoms with Crippen molar-refractivity contribution >= 4 is 5.91 Å². The van der Waals surface area contributed by atoms with Gasteiger partial charge in [0.1, 0.15) is 5.76 Å². The van der Waals surface area contributed by atoms with Crippen LogP contribution < -0.4 is 10.6 Å². The molecule has 0 bridgehead atoms. The summed E-state index contributed by atoms with van der Waals surface area (Å²) in [5.74, 6) is 1.25. The fraction of sp³-hybridized carbons (Fsp3) is 0.615. The molecular weight excluding hydrogens is 216 g/mol. The average molecular weight is 234 g/mol. The number of nitrogens with one attached hydrogen (secondary N) is 2. The van der Waals surface area contributed by atoms with Crippen LogP contribution in [0.3, 0.4) is 0 Å². The Kier molecular flexibility index (Phi) is 2.67. The minimum Gasteiger partial charge on any atom is -0.467 e. The van der Waals surface area contributed by atoms with Crippen LogP contribution in [0.1, 0.15) is 25.0 Å². The lowest BCUT2D eigenvalue weighted by Crippen LogP contribution is -2.33. The van der Waals surface area contributed by atoms with E-state index in [4.69, 9.17) is 4.42 Å². The Morgan fingerprint density at radius 1 is 1.53 bits per heavy atom. The molecule has 4 heteroatoms. The molecule has 1 aromatic heterocycles. The number of furan rings is 1. The highest BCUT2D eigenvalue weighted by Gasteiger charge is 2.57. The topological polar surface area (TPSA) is 54.3 Å². The van der Waals surface area contributed by atoms with Gasteiger partial charge in [-0.3, -0.25) is 4.79 Å². The van der Waals surface area contributed by atoms with Crippen LogP contribution in [0.5, 0.6) is 0 Å². The van der Waals surface area contributed by atoms with Gasteiger partial charge in [-0.2, -0.15) is 0 Å². The number of carbonyl (C=O) groups excluding carboxylic acids is 1. The van der Waals surface area contributed by atoms with Crippen LogP contribution in [-0.4, -0.2) is 19.0 Å². The molecule has 2 aliphatic rings. The summed E-state index contributed by atoms with van der Waals surface area (Å²) in [4.78, 5) is 12.0. The average Bonchev–Trinajstić information content (AvgIpc) is 2.82. The molecule has 1 saturated heterocycles. The van der Waals surface area contributed by atoms with Crippen LogP contribution in [0.15, 0.2) is 22.8 Å². The molecule has 1 spiro atoms. The second kappa shape index (κ2) is 4.18. The summed E-state index contributed by atoms with van der Waals surface area (Å²) >= 11 is 0. The lowest BCUT2D eigenvalue weighted by molar-refractivity contribution is -0.123. The second-order valence-electron chi connectivity index (χ2n) is 5.17. The van der Waals surface area contributed by atoms with Gasteiger partial charge in [-0.15, -0.1) is 0 Å². The third-order valence-corrected chi connectivity index (χ3v) is 4.12. The summed E-state index contributed by atoms with van der Waals surface area (Å²) in [7, 11) is 0. The summed E-state index contributed by atoms with van der Waals surface area (Å²) < 4.78 is 5.20. The van der Waals surface area contributed by atoms with E-state index in [-0.39, 0.29) is 11.8 Å². The van der Waals surface area contributed by atoms with Gasteiger partial charge in [0.15, 0.2) is 0 Å². The van der Waals surface area contributed by atoms with Crippen LogP contribution in [0, 0.1) is 11.3 Å². The molecule has 1 amide bonds. The molecule has 0 radical (unpaired) electrons. The van der Waals surface area contributed by atoms with E-state index < -0.39 is 0 Å². The number of hydrogen-bond acceptors (Lipinski definition) is 3. The minimum absolute atomic E-state index is 0.198. The summed E-state index contributed by atoms with van der Waals surface area (Å²) in [5, 5.41) is 6.31. The molecule has 1 aliphatic heterocycles. The minimum atomic E-state index is 0.198. The van der Waals surface area contributed by atoms with Gasteiger partial charge in [-0.25, -0.2) is 0 Å². The van der Waals surface area contributed by atoms with E-state index in [0.717, 1.165) is 38.1 Å². The third kappa shape index (κ3) is 2.09.